The maximum absolute atomic E-state index is 12.6. The number of carboxylic acids is 2. The SMILES string of the molecule is C[C@H](NC(=O)[C@H](CCC(=O)O)NC(=O)[C@H](C)NC(=O)[C@H](CC(N)=O)NC(=O)CNC(=O)[C@@H](N)CO)C(=O)O. The minimum Gasteiger partial charge on any atom is -0.481 e. The van der Waals surface area contributed by atoms with E-state index in [4.69, 9.17) is 26.8 Å². The molecule has 0 fully saturated rings. The summed E-state index contributed by atoms with van der Waals surface area (Å²) in [6.45, 7) is 0.982. The highest BCUT2D eigenvalue weighted by Crippen LogP contribution is 2.01. The molecule has 0 aromatic carbocycles. The van der Waals surface area contributed by atoms with E-state index in [1.807, 2.05) is 0 Å². The lowest BCUT2D eigenvalue weighted by molar-refractivity contribution is -0.142. The van der Waals surface area contributed by atoms with E-state index in [0.717, 1.165) is 6.92 Å². The standard InChI is InChI=1S/C20H33N7O11/c1-8(16(33)27-11(3-4-15(31)32)18(35)25-9(2)20(37)38)24-19(36)12(5-13(22)29)26-14(30)6-23-17(34)10(21)7-28/h8-12,28H,3-7,21H2,1-2H3,(H2,22,29)(H,23,34)(H,24,36)(H,25,35)(H,26,30)(H,27,33)(H,31,32)(H,37,38)/t8-,9-,10-,11-,12-/m0/s1. The lowest BCUT2D eigenvalue weighted by Gasteiger charge is -2.23. The Labute approximate surface area is 216 Å². The van der Waals surface area contributed by atoms with Crippen LogP contribution in [-0.4, -0.2) is 106 Å². The van der Waals surface area contributed by atoms with Crippen LogP contribution in [-0.2, 0) is 38.4 Å². The molecule has 5 atom stereocenters. The Kier molecular flexibility index (Phi) is 14.6. The van der Waals surface area contributed by atoms with Gasteiger partial charge in [0.15, 0.2) is 0 Å². The van der Waals surface area contributed by atoms with Gasteiger partial charge in [0.05, 0.1) is 19.6 Å². The van der Waals surface area contributed by atoms with E-state index >= 15 is 0 Å². The number of aliphatic carboxylic acids is 2. The molecule has 0 radical (unpaired) electrons. The van der Waals surface area contributed by atoms with Crippen LogP contribution in [0.3, 0.4) is 0 Å². The summed E-state index contributed by atoms with van der Waals surface area (Å²) in [4.78, 5) is 94.4. The summed E-state index contributed by atoms with van der Waals surface area (Å²) in [5, 5.41) is 37.4. The minimum absolute atomic E-state index is 0.397. The highest BCUT2D eigenvalue weighted by atomic mass is 16.4. The first kappa shape index (κ1) is 33.7. The van der Waals surface area contributed by atoms with Crippen molar-refractivity contribution in [1.29, 1.82) is 0 Å². The van der Waals surface area contributed by atoms with E-state index in [9.17, 15) is 38.4 Å². The normalized spacial score (nSPS) is 14.4. The van der Waals surface area contributed by atoms with Gasteiger partial charge in [0.2, 0.25) is 35.4 Å². The van der Waals surface area contributed by atoms with Crippen molar-refractivity contribution in [2.75, 3.05) is 13.2 Å². The number of carbonyl (C=O) groups excluding carboxylic acids is 6. The second-order valence-corrected chi connectivity index (χ2v) is 8.09. The third-order valence-electron chi connectivity index (χ3n) is 4.77. The van der Waals surface area contributed by atoms with Crippen molar-refractivity contribution in [2.24, 2.45) is 11.5 Å². The molecule has 18 heteroatoms. The summed E-state index contributed by atoms with van der Waals surface area (Å²) >= 11 is 0. The molecule has 12 N–H and O–H groups in total. The number of hydrogen-bond acceptors (Lipinski definition) is 10. The van der Waals surface area contributed by atoms with Crippen molar-refractivity contribution >= 4 is 47.4 Å². The lowest BCUT2D eigenvalue weighted by atomic mass is 10.1. The number of carboxylic acid groups (broad SMARTS) is 2. The fraction of sp³-hybridized carbons (Fsp3) is 0.600. The predicted molar refractivity (Wildman–Crippen MR) is 125 cm³/mol. The third kappa shape index (κ3) is 13.1. The Morgan fingerprint density at radius 2 is 1.32 bits per heavy atom. The van der Waals surface area contributed by atoms with Crippen molar-refractivity contribution in [3.05, 3.63) is 0 Å². The fourth-order valence-corrected chi connectivity index (χ4v) is 2.63. The van der Waals surface area contributed by atoms with Crippen molar-refractivity contribution in [3.63, 3.8) is 0 Å². The average molecular weight is 548 g/mol. The number of aliphatic hydroxyl groups is 1. The van der Waals surface area contributed by atoms with Gasteiger partial charge in [-0.05, 0) is 20.3 Å². The van der Waals surface area contributed by atoms with E-state index < -0.39 is 110 Å². The van der Waals surface area contributed by atoms with Crippen LogP contribution in [0.4, 0.5) is 0 Å². The molecule has 38 heavy (non-hydrogen) atoms. The zero-order valence-electron chi connectivity index (χ0n) is 20.7. The summed E-state index contributed by atoms with van der Waals surface area (Å²) in [6, 6.07) is -7.04. The second-order valence-electron chi connectivity index (χ2n) is 8.09. The summed E-state index contributed by atoms with van der Waals surface area (Å²) < 4.78 is 0. The number of nitrogens with two attached hydrogens (primary N) is 2. The van der Waals surface area contributed by atoms with Gasteiger partial charge in [0.1, 0.15) is 30.2 Å². The molecule has 6 amide bonds. The maximum Gasteiger partial charge on any atom is 0.325 e. The number of primary amides is 1. The van der Waals surface area contributed by atoms with Gasteiger partial charge in [0.25, 0.3) is 0 Å². The first-order chi connectivity index (χ1) is 17.6. The number of nitrogens with one attached hydrogen (secondary N) is 5. The highest BCUT2D eigenvalue weighted by molar-refractivity contribution is 5.97. The molecule has 0 heterocycles. The molecule has 0 aliphatic carbocycles. The molecule has 0 aliphatic rings. The van der Waals surface area contributed by atoms with Crippen LogP contribution in [0.15, 0.2) is 0 Å². The monoisotopic (exact) mass is 547 g/mol. The van der Waals surface area contributed by atoms with E-state index in [-0.39, 0.29) is 0 Å². The van der Waals surface area contributed by atoms with Crippen LogP contribution in [0.2, 0.25) is 0 Å². The van der Waals surface area contributed by atoms with Crippen LogP contribution in [0.25, 0.3) is 0 Å². The third-order valence-corrected chi connectivity index (χ3v) is 4.77. The summed E-state index contributed by atoms with van der Waals surface area (Å²) in [5.41, 5.74) is 10.4. The number of aliphatic hydroxyl groups excluding tert-OH is 1. The topological polar surface area (TPSA) is 309 Å². The molecule has 18 nitrogen and oxygen atoms in total. The lowest BCUT2D eigenvalue weighted by Crippen LogP contribution is -2.57. The minimum atomic E-state index is -1.57. The van der Waals surface area contributed by atoms with Crippen LogP contribution in [0.1, 0.15) is 33.1 Å². The predicted octanol–water partition coefficient (Wildman–Crippen LogP) is -5.77. The molecule has 0 rings (SSSR count). The number of amides is 6. The van der Waals surface area contributed by atoms with E-state index in [1.54, 1.807) is 0 Å². The van der Waals surface area contributed by atoms with Crippen LogP contribution < -0.4 is 38.1 Å². The summed E-state index contributed by atoms with van der Waals surface area (Å²) in [6.07, 6.45) is -1.63. The Balaban J connectivity index is 5.28. The maximum atomic E-state index is 12.6. The summed E-state index contributed by atoms with van der Waals surface area (Å²) in [5.74, 6) is -8.43. The quantitative estimate of drug-likeness (QED) is 0.0814. The molecular formula is C20H33N7O11. The molecule has 0 unspecified atom stereocenters. The molecular weight excluding hydrogens is 514 g/mol. The molecule has 0 aliphatic heterocycles. The Bertz CT molecular complexity index is 927. The smallest absolute Gasteiger partial charge is 0.325 e. The van der Waals surface area contributed by atoms with Gasteiger partial charge in [-0.2, -0.15) is 0 Å². The van der Waals surface area contributed by atoms with Gasteiger partial charge < -0.3 is 53.4 Å². The van der Waals surface area contributed by atoms with E-state index in [2.05, 4.69) is 26.6 Å². The first-order valence-electron chi connectivity index (χ1n) is 11.2. The molecule has 0 saturated heterocycles. The van der Waals surface area contributed by atoms with Crippen LogP contribution >= 0.6 is 0 Å². The van der Waals surface area contributed by atoms with Crippen molar-refractivity contribution in [1.82, 2.24) is 26.6 Å². The fourth-order valence-electron chi connectivity index (χ4n) is 2.63. The molecule has 0 saturated carbocycles. The number of rotatable bonds is 17. The van der Waals surface area contributed by atoms with Gasteiger partial charge in [-0.15, -0.1) is 0 Å². The zero-order chi connectivity index (χ0) is 29.6. The second kappa shape index (κ2) is 16.4. The van der Waals surface area contributed by atoms with E-state index in [1.165, 1.54) is 6.92 Å². The number of carbonyl (C=O) groups is 8. The number of hydrogen-bond donors (Lipinski definition) is 10. The Hall–Kier alpha value is -4.32. The highest BCUT2D eigenvalue weighted by Gasteiger charge is 2.29. The van der Waals surface area contributed by atoms with Crippen molar-refractivity contribution in [2.45, 2.75) is 63.3 Å². The molecule has 0 aromatic rings. The first-order valence-corrected chi connectivity index (χ1v) is 11.2. The van der Waals surface area contributed by atoms with Gasteiger partial charge >= 0.3 is 11.9 Å². The Morgan fingerprint density at radius 3 is 1.82 bits per heavy atom. The Morgan fingerprint density at radius 1 is 0.763 bits per heavy atom. The average Bonchev–Trinajstić information content (AvgIpc) is 2.82. The van der Waals surface area contributed by atoms with Gasteiger partial charge in [0, 0.05) is 6.42 Å². The zero-order valence-corrected chi connectivity index (χ0v) is 20.7. The van der Waals surface area contributed by atoms with E-state index in [0.29, 0.717) is 0 Å². The van der Waals surface area contributed by atoms with Crippen molar-refractivity contribution < 1.29 is 53.7 Å². The van der Waals surface area contributed by atoms with Crippen LogP contribution in [0.5, 0.6) is 0 Å². The van der Waals surface area contributed by atoms with Gasteiger partial charge in [-0.25, -0.2) is 0 Å². The van der Waals surface area contributed by atoms with Gasteiger partial charge in [-0.3, -0.25) is 38.4 Å². The van der Waals surface area contributed by atoms with Gasteiger partial charge in [-0.1, -0.05) is 0 Å². The molecule has 214 valence electrons. The molecule has 0 bridgehead atoms. The molecule has 0 spiro atoms. The summed E-state index contributed by atoms with van der Waals surface area (Å²) in [7, 11) is 0. The van der Waals surface area contributed by atoms with Crippen LogP contribution in [0, 0.1) is 0 Å². The molecule has 0 aromatic heterocycles. The largest absolute Gasteiger partial charge is 0.481 e. The van der Waals surface area contributed by atoms with Crippen molar-refractivity contribution in [3.8, 4) is 0 Å².